The molecule has 2 aromatic carbocycles. The third-order valence-corrected chi connectivity index (χ3v) is 3.92. The van der Waals surface area contributed by atoms with E-state index in [9.17, 15) is 19.7 Å². The van der Waals surface area contributed by atoms with Gasteiger partial charge in [-0.1, -0.05) is 45.0 Å². The van der Waals surface area contributed by atoms with Gasteiger partial charge in [0.1, 0.15) is 11.4 Å². The van der Waals surface area contributed by atoms with Crippen molar-refractivity contribution in [1.29, 1.82) is 0 Å². The number of anilines is 1. The Hall–Kier alpha value is -2.96. The second kappa shape index (κ2) is 6.98. The van der Waals surface area contributed by atoms with Crippen molar-refractivity contribution in [2.24, 2.45) is 10.8 Å². The highest BCUT2D eigenvalue weighted by molar-refractivity contribution is 6.09. The van der Waals surface area contributed by atoms with Crippen molar-refractivity contribution in [3.05, 3.63) is 40.4 Å². The first-order valence-corrected chi connectivity index (χ1v) is 8.56. The fourth-order valence-electron chi connectivity index (χ4n) is 2.24. The molecule has 144 valence electrons. The maximum atomic E-state index is 12.4. The Bertz CT molecular complexity index is 920. The largest absolute Gasteiger partial charge is 0.425 e. The van der Waals surface area contributed by atoms with Crippen molar-refractivity contribution in [2.75, 3.05) is 5.32 Å². The van der Waals surface area contributed by atoms with E-state index in [-0.39, 0.29) is 23.0 Å². The number of hydrogen-bond acceptors (Lipinski definition) is 5. The molecular weight excluding hydrogens is 348 g/mol. The third kappa shape index (κ3) is 4.42. The van der Waals surface area contributed by atoms with Crippen molar-refractivity contribution in [1.82, 2.24) is 0 Å². The van der Waals surface area contributed by atoms with Crippen LogP contribution in [0, 0.1) is 20.9 Å². The van der Waals surface area contributed by atoms with Crippen LogP contribution in [0.5, 0.6) is 5.75 Å². The van der Waals surface area contributed by atoms with Crippen LogP contribution in [0.3, 0.4) is 0 Å². The van der Waals surface area contributed by atoms with Crippen molar-refractivity contribution in [3.63, 3.8) is 0 Å². The van der Waals surface area contributed by atoms with E-state index in [1.807, 2.05) is 0 Å². The minimum atomic E-state index is -0.769. The second-order valence-electron chi connectivity index (χ2n) is 8.42. The maximum Gasteiger partial charge on any atom is 0.316 e. The summed E-state index contributed by atoms with van der Waals surface area (Å²) in [7, 11) is 0. The van der Waals surface area contributed by atoms with Crippen LogP contribution in [-0.4, -0.2) is 16.8 Å². The highest BCUT2D eigenvalue weighted by Crippen LogP contribution is 2.40. The zero-order valence-corrected chi connectivity index (χ0v) is 16.4. The van der Waals surface area contributed by atoms with E-state index in [1.54, 1.807) is 65.8 Å². The van der Waals surface area contributed by atoms with Gasteiger partial charge in [-0.15, -0.1) is 0 Å². The molecule has 0 atom stereocenters. The number of rotatable bonds is 3. The smallest absolute Gasteiger partial charge is 0.316 e. The van der Waals surface area contributed by atoms with E-state index >= 15 is 0 Å². The number of nitrogens with zero attached hydrogens (tertiary/aromatic N) is 1. The molecular formula is C20H24N2O5. The Balaban J connectivity index is 2.69. The predicted molar refractivity (Wildman–Crippen MR) is 104 cm³/mol. The maximum absolute atomic E-state index is 12.4. The molecule has 0 aliphatic rings. The summed E-state index contributed by atoms with van der Waals surface area (Å²) in [4.78, 5) is 35.8. The molecule has 0 saturated carbocycles. The van der Waals surface area contributed by atoms with Crippen LogP contribution in [-0.2, 0) is 9.59 Å². The van der Waals surface area contributed by atoms with E-state index in [4.69, 9.17) is 4.74 Å². The molecule has 0 fully saturated rings. The molecule has 7 nitrogen and oxygen atoms in total. The number of ether oxygens (including phenoxy) is 1. The normalized spacial score (nSPS) is 11.9. The summed E-state index contributed by atoms with van der Waals surface area (Å²) in [6.45, 7) is 10.2. The number of carbonyl (C=O) groups excluding carboxylic acids is 2. The second-order valence-corrected chi connectivity index (χ2v) is 8.42. The van der Waals surface area contributed by atoms with E-state index in [1.165, 1.54) is 6.07 Å². The molecule has 7 heteroatoms. The van der Waals surface area contributed by atoms with Crippen LogP contribution in [0.4, 0.5) is 11.4 Å². The Morgan fingerprint density at radius 3 is 2.04 bits per heavy atom. The predicted octanol–water partition coefficient (Wildman–Crippen LogP) is 4.68. The molecule has 0 radical (unpaired) electrons. The molecule has 0 saturated heterocycles. The third-order valence-electron chi connectivity index (χ3n) is 3.92. The Labute approximate surface area is 157 Å². The molecule has 0 heterocycles. The van der Waals surface area contributed by atoms with Crippen LogP contribution >= 0.6 is 0 Å². The van der Waals surface area contributed by atoms with Gasteiger partial charge in [0.15, 0.2) is 0 Å². The van der Waals surface area contributed by atoms with Crippen molar-refractivity contribution < 1.29 is 19.2 Å². The monoisotopic (exact) mass is 372 g/mol. The van der Waals surface area contributed by atoms with Gasteiger partial charge >= 0.3 is 5.97 Å². The summed E-state index contributed by atoms with van der Waals surface area (Å²) >= 11 is 0. The molecule has 0 bridgehead atoms. The molecule has 2 aromatic rings. The molecule has 0 aromatic heterocycles. The fraction of sp³-hybridized carbons (Fsp3) is 0.400. The Morgan fingerprint density at radius 2 is 1.56 bits per heavy atom. The van der Waals surface area contributed by atoms with Gasteiger partial charge in [-0.05, 0) is 20.8 Å². The summed E-state index contributed by atoms with van der Waals surface area (Å²) in [5.74, 6) is -0.769. The molecule has 0 unspecified atom stereocenters. The molecule has 1 N–H and O–H groups in total. The lowest BCUT2D eigenvalue weighted by Gasteiger charge is -2.20. The number of nitrogens with one attached hydrogen (secondary N) is 1. The number of amides is 1. The molecule has 2 rings (SSSR count). The van der Waals surface area contributed by atoms with Crippen molar-refractivity contribution in [2.45, 2.75) is 41.5 Å². The van der Waals surface area contributed by atoms with E-state index in [0.29, 0.717) is 10.8 Å². The molecule has 0 spiro atoms. The van der Waals surface area contributed by atoms with Gasteiger partial charge < -0.3 is 10.1 Å². The highest BCUT2D eigenvalue weighted by Gasteiger charge is 2.29. The summed E-state index contributed by atoms with van der Waals surface area (Å²) < 4.78 is 5.45. The van der Waals surface area contributed by atoms with Crippen LogP contribution in [0.25, 0.3) is 10.8 Å². The number of benzene rings is 2. The van der Waals surface area contributed by atoms with E-state index < -0.39 is 21.7 Å². The fourth-order valence-corrected chi connectivity index (χ4v) is 2.24. The van der Waals surface area contributed by atoms with Gasteiger partial charge in [-0.25, -0.2) is 0 Å². The number of hydrogen-bond donors (Lipinski definition) is 1. The minimum Gasteiger partial charge on any atom is -0.425 e. The number of carbonyl (C=O) groups is 2. The van der Waals surface area contributed by atoms with Gasteiger partial charge in [0, 0.05) is 16.2 Å². The van der Waals surface area contributed by atoms with Crippen molar-refractivity contribution >= 4 is 34.0 Å². The van der Waals surface area contributed by atoms with Gasteiger partial charge in [0.2, 0.25) is 5.91 Å². The SMILES string of the molecule is CC(C)(C)C(=O)Nc1c([N+](=O)[O-])cc(OC(=O)C(C)(C)C)c2ccccc12. The van der Waals surface area contributed by atoms with Gasteiger partial charge in [-0.3, -0.25) is 19.7 Å². The van der Waals surface area contributed by atoms with Gasteiger partial charge in [-0.2, -0.15) is 0 Å². The van der Waals surface area contributed by atoms with E-state index in [0.717, 1.165) is 0 Å². The van der Waals surface area contributed by atoms with Crippen LogP contribution in [0.1, 0.15) is 41.5 Å². The van der Waals surface area contributed by atoms with E-state index in [2.05, 4.69) is 5.32 Å². The zero-order chi connectivity index (χ0) is 20.6. The summed E-state index contributed by atoms with van der Waals surface area (Å²) in [6.07, 6.45) is 0. The number of fused-ring (bicyclic) bond motifs is 1. The molecule has 0 aliphatic heterocycles. The highest BCUT2D eigenvalue weighted by atomic mass is 16.6. The van der Waals surface area contributed by atoms with Crippen LogP contribution < -0.4 is 10.1 Å². The standard InChI is InChI=1S/C20H24N2O5/c1-19(2,3)17(23)21-16-13-10-8-7-9-12(13)15(11-14(16)22(25)26)27-18(24)20(4,5)6/h7-11H,1-6H3,(H,21,23). The zero-order valence-electron chi connectivity index (χ0n) is 16.4. The first-order chi connectivity index (χ1) is 12.3. The average molecular weight is 372 g/mol. The molecule has 27 heavy (non-hydrogen) atoms. The lowest BCUT2D eigenvalue weighted by Crippen LogP contribution is -2.28. The first-order valence-electron chi connectivity index (χ1n) is 8.56. The number of nitro groups is 1. The summed E-state index contributed by atoms with van der Waals surface area (Å²) in [5, 5.41) is 15.2. The Kier molecular flexibility index (Phi) is 5.26. The number of esters is 1. The van der Waals surface area contributed by atoms with Crippen LogP contribution in [0.15, 0.2) is 30.3 Å². The summed E-state index contributed by atoms with van der Waals surface area (Å²) in [6, 6.07) is 7.96. The topological polar surface area (TPSA) is 98.5 Å². The molecule has 1 amide bonds. The lowest BCUT2D eigenvalue weighted by atomic mass is 9.95. The first kappa shape index (κ1) is 20.4. The Morgan fingerprint density at radius 1 is 1.00 bits per heavy atom. The van der Waals surface area contributed by atoms with Crippen LogP contribution in [0.2, 0.25) is 0 Å². The minimum absolute atomic E-state index is 0.0889. The molecule has 0 aliphatic carbocycles. The van der Waals surface area contributed by atoms with Crippen molar-refractivity contribution in [3.8, 4) is 5.75 Å². The lowest BCUT2D eigenvalue weighted by molar-refractivity contribution is -0.383. The van der Waals surface area contributed by atoms with Gasteiger partial charge in [0.05, 0.1) is 16.4 Å². The number of nitro benzene ring substituents is 1. The summed E-state index contributed by atoms with van der Waals surface area (Å²) in [5.41, 5.74) is -1.74. The average Bonchev–Trinajstić information content (AvgIpc) is 2.54. The van der Waals surface area contributed by atoms with Gasteiger partial charge in [0.25, 0.3) is 5.69 Å². The quantitative estimate of drug-likeness (QED) is 0.365.